The summed E-state index contributed by atoms with van der Waals surface area (Å²) in [5, 5.41) is 14.0. The minimum Gasteiger partial charge on any atom is -0.480 e. The Kier molecular flexibility index (Phi) is 4.94. The molecular formula is C11H19N3O4. The number of carboxylic acid groups (broad SMARTS) is 1. The SMILES string of the molecule is CCC(C(=O)O)N(C)C(=O)NCC(=O)NC1CC1. The molecule has 18 heavy (non-hydrogen) atoms. The minimum absolute atomic E-state index is 0.129. The molecule has 3 amide bonds. The monoisotopic (exact) mass is 257 g/mol. The number of carboxylic acids is 1. The standard InChI is InChI=1S/C11H19N3O4/c1-3-8(10(16)17)14(2)11(18)12-6-9(15)13-7-4-5-7/h7-8H,3-6H2,1-2H3,(H,12,18)(H,13,15)(H,16,17). The van der Waals surface area contributed by atoms with Gasteiger partial charge in [0.25, 0.3) is 0 Å². The van der Waals surface area contributed by atoms with Gasteiger partial charge in [-0.05, 0) is 19.3 Å². The molecule has 0 aromatic rings. The third-order valence-electron chi connectivity index (χ3n) is 2.80. The molecule has 0 aromatic carbocycles. The Labute approximate surface area is 106 Å². The highest BCUT2D eigenvalue weighted by atomic mass is 16.4. The summed E-state index contributed by atoms with van der Waals surface area (Å²) in [7, 11) is 1.40. The number of rotatable bonds is 6. The van der Waals surface area contributed by atoms with E-state index in [0.717, 1.165) is 17.7 Å². The fraction of sp³-hybridized carbons (Fsp3) is 0.727. The molecule has 3 N–H and O–H groups in total. The van der Waals surface area contributed by atoms with Crippen molar-refractivity contribution in [2.45, 2.75) is 38.3 Å². The maximum absolute atomic E-state index is 11.6. The molecule has 0 radical (unpaired) electrons. The summed E-state index contributed by atoms with van der Waals surface area (Å²) in [5.74, 6) is -1.31. The molecule has 1 atom stereocenters. The molecule has 0 spiro atoms. The van der Waals surface area contributed by atoms with E-state index >= 15 is 0 Å². The molecule has 1 aliphatic rings. The van der Waals surface area contributed by atoms with Gasteiger partial charge in [-0.2, -0.15) is 0 Å². The number of nitrogens with one attached hydrogen (secondary N) is 2. The van der Waals surface area contributed by atoms with E-state index in [2.05, 4.69) is 10.6 Å². The Morgan fingerprint density at radius 1 is 1.39 bits per heavy atom. The van der Waals surface area contributed by atoms with E-state index in [9.17, 15) is 14.4 Å². The summed E-state index contributed by atoms with van der Waals surface area (Å²) >= 11 is 0. The topological polar surface area (TPSA) is 98.7 Å². The van der Waals surface area contributed by atoms with Crippen LogP contribution >= 0.6 is 0 Å². The summed E-state index contributed by atoms with van der Waals surface area (Å²) in [5.41, 5.74) is 0. The molecule has 0 bridgehead atoms. The predicted octanol–water partition coefficient (Wildman–Crippen LogP) is -0.230. The maximum atomic E-state index is 11.6. The number of hydrogen-bond acceptors (Lipinski definition) is 3. The number of carbonyl (C=O) groups excluding carboxylic acids is 2. The molecule has 1 saturated carbocycles. The van der Waals surface area contributed by atoms with Gasteiger partial charge in [-0.3, -0.25) is 4.79 Å². The van der Waals surface area contributed by atoms with Crippen molar-refractivity contribution < 1.29 is 19.5 Å². The van der Waals surface area contributed by atoms with Crippen molar-refractivity contribution in [2.24, 2.45) is 0 Å². The van der Waals surface area contributed by atoms with Gasteiger partial charge in [0.1, 0.15) is 6.04 Å². The number of carbonyl (C=O) groups is 3. The summed E-state index contributed by atoms with van der Waals surface area (Å²) in [4.78, 5) is 34.9. The number of hydrogen-bond donors (Lipinski definition) is 3. The second-order valence-electron chi connectivity index (χ2n) is 4.37. The Hall–Kier alpha value is -1.79. The Bertz CT molecular complexity index is 341. The largest absolute Gasteiger partial charge is 0.480 e. The third kappa shape index (κ3) is 4.23. The van der Waals surface area contributed by atoms with Crippen molar-refractivity contribution >= 4 is 17.9 Å². The zero-order valence-corrected chi connectivity index (χ0v) is 10.6. The van der Waals surface area contributed by atoms with Gasteiger partial charge in [0.15, 0.2) is 0 Å². The fourth-order valence-electron chi connectivity index (χ4n) is 1.54. The molecule has 0 aliphatic heterocycles. The lowest BCUT2D eigenvalue weighted by Crippen LogP contribution is -2.49. The van der Waals surface area contributed by atoms with Crippen LogP contribution in [0.25, 0.3) is 0 Å². The Balaban J connectivity index is 2.33. The summed E-state index contributed by atoms with van der Waals surface area (Å²) in [6.07, 6.45) is 2.28. The van der Waals surface area contributed by atoms with Crippen LogP contribution in [0.15, 0.2) is 0 Å². The first-order chi connectivity index (χ1) is 8.45. The highest BCUT2D eigenvalue weighted by Gasteiger charge is 2.26. The quantitative estimate of drug-likeness (QED) is 0.612. The van der Waals surface area contributed by atoms with Crippen LogP contribution in [0.2, 0.25) is 0 Å². The van der Waals surface area contributed by atoms with Crippen LogP contribution in [0.1, 0.15) is 26.2 Å². The predicted molar refractivity (Wildman–Crippen MR) is 64.0 cm³/mol. The van der Waals surface area contributed by atoms with Gasteiger partial charge in [-0.1, -0.05) is 6.92 Å². The second-order valence-corrected chi connectivity index (χ2v) is 4.37. The van der Waals surface area contributed by atoms with E-state index in [1.807, 2.05) is 0 Å². The molecule has 102 valence electrons. The molecular weight excluding hydrogens is 238 g/mol. The lowest BCUT2D eigenvalue weighted by atomic mass is 10.2. The third-order valence-corrected chi connectivity index (χ3v) is 2.80. The van der Waals surface area contributed by atoms with E-state index in [-0.39, 0.29) is 18.5 Å². The molecule has 0 aromatic heterocycles. The molecule has 0 heterocycles. The molecule has 7 nitrogen and oxygen atoms in total. The van der Waals surface area contributed by atoms with Gasteiger partial charge < -0.3 is 20.6 Å². The summed E-state index contributed by atoms with van der Waals surface area (Å²) in [6, 6.07) is -1.19. The van der Waals surface area contributed by atoms with Crippen molar-refractivity contribution in [2.75, 3.05) is 13.6 Å². The lowest BCUT2D eigenvalue weighted by molar-refractivity contribution is -0.141. The van der Waals surface area contributed by atoms with Crippen LogP contribution < -0.4 is 10.6 Å². The van der Waals surface area contributed by atoms with Gasteiger partial charge in [0.2, 0.25) is 5.91 Å². The smallest absolute Gasteiger partial charge is 0.326 e. The van der Waals surface area contributed by atoms with Crippen LogP contribution in [0.4, 0.5) is 4.79 Å². The van der Waals surface area contributed by atoms with E-state index < -0.39 is 18.0 Å². The van der Waals surface area contributed by atoms with Crippen LogP contribution in [0.3, 0.4) is 0 Å². The lowest BCUT2D eigenvalue weighted by Gasteiger charge is -2.23. The molecule has 1 unspecified atom stereocenters. The Morgan fingerprint density at radius 2 is 2.00 bits per heavy atom. The number of likely N-dealkylation sites (N-methyl/N-ethyl adjacent to an activating group) is 1. The van der Waals surface area contributed by atoms with Gasteiger partial charge in [0, 0.05) is 13.1 Å². The first-order valence-corrected chi connectivity index (χ1v) is 5.98. The second kappa shape index (κ2) is 6.23. The normalized spacial score (nSPS) is 15.7. The molecule has 7 heteroatoms. The van der Waals surface area contributed by atoms with Gasteiger partial charge >= 0.3 is 12.0 Å². The molecule has 1 fully saturated rings. The van der Waals surface area contributed by atoms with Gasteiger partial charge in [0.05, 0.1) is 6.54 Å². The highest BCUT2D eigenvalue weighted by molar-refractivity contribution is 5.86. The van der Waals surface area contributed by atoms with Crippen LogP contribution in [0.5, 0.6) is 0 Å². The summed E-state index contributed by atoms with van der Waals surface area (Å²) in [6.45, 7) is 1.55. The number of aliphatic carboxylic acids is 1. The van der Waals surface area contributed by atoms with Crippen LogP contribution in [-0.2, 0) is 9.59 Å². The molecule has 1 aliphatic carbocycles. The summed E-state index contributed by atoms with van der Waals surface area (Å²) < 4.78 is 0. The van der Waals surface area contributed by atoms with Crippen molar-refractivity contribution in [1.29, 1.82) is 0 Å². The van der Waals surface area contributed by atoms with Crippen LogP contribution in [0, 0.1) is 0 Å². The van der Waals surface area contributed by atoms with E-state index in [0.29, 0.717) is 6.42 Å². The van der Waals surface area contributed by atoms with Crippen molar-refractivity contribution in [1.82, 2.24) is 15.5 Å². The van der Waals surface area contributed by atoms with Crippen molar-refractivity contribution in [3.8, 4) is 0 Å². The van der Waals surface area contributed by atoms with Crippen molar-refractivity contribution in [3.05, 3.63) is 0 Å². The highest BCUT2D eigenvalue weighted by Crippen LogP contribution is 2.18. The molecule has 0 saturated heterocycles. The zero-order chi connectivity index (χ0) is 13.7. The first kappa shape index (κ1) is 14.3. The van der Waals surface area contributed by atoms with Gasteiger partial charge in [-0.15, -0.1) is 0 Å². The maximum Gasteiger partial charge on any atom is 0.326 e. The zero-order valence-electron chi connectivity index (χ0n) is 10.6. The van der Waals surface area contributed by atoms with Gasteiger partial charge in [-0.25, -0.2) is 9.59 Å². The number of amides is 3. The fourth-order valence-corrected chi connectivity index (χ4v) is 1.54. The van der Waals surface area contributed by atoms with E-state index in [4.69, 9.17) is 5.11 Å². The average Bonchev–Trinajstić information content (AvgIpc) is 3.10. The number of nitrogens with zero attached hydrogens (tertiary/aromatic N) is 1. The minimum atomic E-state index is -1.06. The Morgan fingerprint density at radius 3 is 2.44 bits per heavy atom. The van der Waals surface area contributed by atoms with Crippen LogP contribution in [-0.4, -0.2) is 53.6 Å². The average molecular weight is 257 g/mol. The number of urea groups is 1. The van der Waals surface area contributed by atoms with E-state index in [1.165, 1.54) is 7.05 Å². The first-order valence-electron chi connectivity index (χ1n) is 5.98. The molecule has 1 rings (SSSR count). The van der Waals surface area contributed by atoms with Crippen molar-refractivity contribution in [3.63, 3.8) is 0 Å². The van der Waals surface area contributed by atoms with E-state index in [1.54, 1.807) is 6.92 Å².